The predicted molar refractivity (Wildman–Crippen MR) is 108 cm³/mol. The number of ketones is 1. The van der Waals surface area contributed by atoms with Gasteiger partial charge >= 0.3 is 0 Å². The van der Waals surface area contributed by atoms with Gasteiger partial charge in [-0.25, -0.2) is 4.98 Å². The van der Waals surface area contributed by atoms with Crippen LogP contribution in [-0.2, 0) is 4.79 Å². The Hall–Kier alpha value is -2.38. The van der Waals surface area contributed by atoms with E-state index < -0.39 is 0 Å². The van der Waals surface area contributed by atoms with Gasteiger partial charge in [0, 0.05) is 15.7 Å². The number of hydrogen-bond donors (Lipinski definition) is 2. The highest BCUT2D eigenvalue weighted by Crippen LogP contribution is 2.23. The van der Waals surface area contributed by atoms with Crippen molar-refractivity contribution in [3.8, 4) is 11.3 Å². The highest BCUT2D eigenvalue weighted by atomic mass is 79.9. The first-order valence-electron chi connectivity index (χ1n) is 7.86. The molecule has 0 saturated heterocycles. The molecular weight excluding hydrogens is 414 g/mol. The lowest BCUT2D eigenvalue weighted by atomic mass is 10.1. The molecule has 0 radical (unpaired) electrons. The van der Waals surface area contributed by atoms with E-state index in [1.165, 1.54) is 18.7 Å². The van der Waals surface area contributed by atoms with Crippen molar-refractivity contribution in [1.29, 1.82) is 0 Å². The summed E-state index contributed by atoms with van der Waals surface area (Å²) < 4.78 is 1.01. The van der Waals surface area contributed by atoms with E-state index in [4.69, 9.17) is 0 Å². The maximum absolute atomic E-state index is 12.1. The monoisotopic (exact) mass is 429 g/mol. The number of H-pyrrole nitrogens is 1. The van der Waals surface area contributed by atoms with Crippen LogP contribution in [0.15, 0.2) is 64.4 Å². The minimum atomic E-state index is -0.155. The van der Waals surface area contributed by atoms with Crippen LogP contribution in [0.1, 0.15) is 17.3 Å². The zero-order chi connectivity index (χ0) is 18.5. The maximum atomic E-state index is 12.1. The minimum absolute atomic E-state index is 0.0356. The molecular formula is C19H16BrN3O2S. The summed E-state index contributed by atoms with van der Waals surface area (Å²) in [6.07, 6.45) is 1.75. The van der Waals surface area contributed by atoms with Crippen molar-refractivity contribution in [2.45, 2.75) is 12.1 Å². The number of thioether (sulfide) groups is 1. The Bertz CT molecular complexity index is 938. The van der Waals surface area contributed by atoms with E-state index in [1.807, 2.05) is 24.3 Å². The number of carbonyl (C=O) groups is 2. The molecule has 0 unspecified atom stereocenters. The fraction of sp³-hybridized carbons (Fsp3) is 0.105. The number of carbonyl (C=O) groups excluding carboxylic acids is 2. The molecule has 3 rings (SSSR count). The number of nitrogens with zero attached hydrogens (tertiary/aromatic N) is 1. The molecule has 0 atom stereocenters. The number of anilines is 1. The van der Waals surface area contributed by atoms with Gasteiger partial charge in [-0.05, 0) is 36.8 Å². The molecule has 2 aromatic carbocycles. The van der Waals surface area contributed by atoms with Crippen LogP contribution in [0.2, 0.25) is 0 Å². The summed E-state index contributed by atoms with van der Waals surface area (Å²) in [6.45, 7) is 1.50. The number of amides is 1. The van der Waals surface area contributed by atoms with Gasteiger partial charge in [0.15, 0.2) is 10.9 Å². The molecule has 0 aliphatic heterocycles. The Morgan fingerprint density at radius 3 is 2.69 bits per heavy atom. The Kier molecular flexibility index (Phi) is 5.90. The highest BCUT2D eigenvalue weighted by Gasteiger charge is 2.09. The second-order valence-electron chi connectivity index (χ2n) is 5.58. The number of aromatic nitrogens is 2. The lowest BCUT2D eigenvalue weighted by molar-refractivity contribution is -0.113. The summed E-state index contributed by atoms with van der Waals surface area (Å²) in [5.41, 5.74) is 3.10. The summed E-state index contributed by atoms with van der Waals surface area (Å²) in [6, 6.07) is 14.8. The smallest absolute Gasteiger partial charge is 0.234 e. The van der Waals surface area contributed by atoms with E-state index in [0.717, 1.165) is 15.7 Å². The van der Waals surface area contributed by atoms with Gasteiger partial charge in [0.1, 0.15) is 0 Å². The van der Waals surface area contributed by atoms with Gasteiger partial charge in [-0.2, -0.15) is 0 Å². The van der Waals surface area contributed by atoms with Crippen LogP contribution in [0.25, 0.3) is 11.3 Å². The second-order valence-corrected chi connectivity index (χ2v) is 7.46. The average molecular weight is 430 g/mol. The van der Waals surface area contributed by atoms with Crippen LogP contribution in [0.4, 0.5) is 5.69 Å². The fourth-order valence-electron chi connectivity index (χ4n) is 2.30. The van der Waals surface area contributed by atoms with Gasteiger partial charge in [-0.1, -0.05) is 52.0 Å². The zero-order valence-electron chi connectivity index (χ0n) is 14.0. The molecule has 0 spiro atoms. The van der Waals surface area contributed by atoms with E-state index in [2.05, 4.69) is 31.2 Å². The van der Waals surface area contributed by atoms with Crippen LogP contribution >= 0.6 is 27.7 Å². The Morgan fingerprint density at radius 1 is 1.19 bits per heavy atom. The van der Waals surface area contributed by atoms with Crippen molar-refractivity contribution in [1.82, 2.24) is 9.97 Å². The number of aromatic amines is 1. The van der Waals surface area contributed by atoms with E-state index in [1.54, 1.807) is 30.5 Å². The van der Waals surface area contributed by atoms with Crippen molar-refractivity contribution in [3.05, 3.63) is 64.8 Å². The molecule has 0 bridgehead atoms. The topological polar surface area (TPSA) is 74.8 Å². The van der Waals surface area contributed by atoms with E-state index in [9.17, 15) is 9.59 Å². The summed E-state index contributed by atoms with van der Waals surface area (Å²) in [4.78, 5) is 31.0. The van der Waals surface area contributed by atoms with E-state index in [0.29, 0.717) is 16.4 Å². The molecule has 0 saturated carbocycles. The van der Waals surface area contributed by atoms with Crippen molar-refractivity contribution in [3.63, 3.8) is 0 Å². The van der Waals surface area contributed by atoms with E-state index >= 15 is 0 Å². The molecule has 1 amide bonds. The van der Waals surface area contributed by atoms with E-state index in [-0.39, 0.29) is 17.4 Å². The molecule has 2 N–H and O–H groups in total. The Morgan fingerprint density at radius 2 is 1.96 bits per heavy atom. The molecule has 1 aromatic heterocycles. The average Bonchev–Trinajstić information content (AvgIpc) is 3.10. The zero-order valence-corrected chi connectivity index (χ0v) is 16.4. The standard InChI is InChI=1S/C19H16BrN3O2S/c1-12(24)14-3-2-4-16(9-14)22-18(25)11-26-19-21-10-17(23-19)13-5-7-15(20)8-6-13/h2-10H,11H2,1H3,(H,21,23)(H,22,25). The van der Waals surface area contributed by atoms with Crippen LogP contribution < -0.4 is 5.32 Å². The number of nitrogens with one attached hydrogen (secondary N) is 2. The molecule has 3 aromatic rings. The number of rotatable bonds is 6. The Labute approximate surface area is 163 Å². The van der Waals surface area contributed by atoms with Crippen LogP contribution in [0.3, 0.4) is 0 Å². The normalized spacial score (nSPS) is 10.5. The van der Waals surface area contributed by atoms with Gasteiger partial charge in [0.05, 0.1) is 17.6 Å². The second kappa shape index (κ2) is 8.33. The third-order valence-electron chi connectivity index (χ3n) is 3.60. The van der Waals surface area contributed by atoms with Gasteiger partial charge in [0.25, 0.3) is 0 Å². The number of Topliss-reactive ketones (excluding diaryl/α,β-unsaturated/α-hetero) is 1. The number of benzene rings is 2. The summed E-state index contributed by atoms with van der Waals surface area (Å²) in [5.74, 6) is 0.0289. The third kappa shape index (κ3) is 4.83. The molecule has 26 heavy (non-hydrogen) atoms. The Balaban J connectivity index is 1.57. The number of hydrogen-bond acceptors (Lipinski definition) is 4. The van der Waals surface area contributed by atoms with Gasteiger partial charge < -0.3 is 10.3 Å². The molecule has 132 valence electrons. The first kappa shape index (κ1) is 18.4. The largest absolute Gasteiger partial charge is 0.333 e. The lowest BCUT2D eigenvalue weighted by Gasteiger charge is -2.05. The van der Waals surface area contributed by atoms with Crippen molar-refractivity contribution in [2.24, 2.45) is 0 Å². The molecule has 0 aliphatic carbocycles. The molecule has 5 nitrogen and oxygen atoms in total. The molecule has 1 heterocycles. The summed E-state index contributed by atoms with van der Waals surface area (Å²) in [7, 11) is 0. The minimum Gasteiger partial charge on any atom is -0.333 e. The van der Waals surface area contributed by atoms with Gasteiger partial charge in [-0.3, -0.25) is 9.59 Å². The number of halogens is 1. The van der Waals surface area contributed by atoms with Gasteiger partial charge in [-0.15, -0.1) is 0 Å². The van der Waals surface area contributed by atoms with Gasteiger partial charge in [0.2, 0.25) is 5.91 Å². The lowest BCUT2D eigenvalue weighted by Crippen LogP contribution is -2.14. The summed E-state index contributed by atoms with van der Waals surface area (Å²) >= 11 is 4.73. The quantitative estimate of drug-likeness (QED) is 0.436. The molecule has 7 heteroatoms. The first-order valence-corrected chi connectivity index (χ1v) is 9.64. The van der Waals surface area contributed by atoms with Crippen LogP contribution in [0.5, 0.6) is 0 Å². The SMILES string of the molecule is CC(=O)c1cccc(NC(=O)CSc2ncc(-c3ccc(Br)cc3)[nH]2)c1. The fourth-order valence-corrected chi connectivity index (χ4v) is 3.21. The maximum Gasteiger partial charge on any atom is 0.234 e. The first-order chi connectivity index (χ1) is 12.5. The van der Waals surface area contributed by atoms with Crippen molar-refractivity contribution in [2.75, 3.05) is 11.1 Å². The van der Waals surface area contributed by atoms with Crippen molar-refractivity contribution >= 4 is 45.1 Å². The molecule has 0 aliphatic rings. The predicted octanol–water partition coefficient (Wildman–Crippen LogP) is 4.77. The highest BCUT2D eigenvalue weighted by molar-refractivity contribution is 9.10. The summed E-state index contributed by atoms with van der Waals surface area (Å²) in [5, 5.41) is 3.47. The number of imidazole rings is 1. The van der Waals surface area contributed by atoms with Crippen LogP contribution in [-0.4, -0.2) is 27.4 Å². The molecule has 0 fully saturated rings. The van der Waals surface area contributed by atoms with Crippen molar-refractivity contribution < 1.29 is 9.59 Å². The van der Waals surface area contributed by atoms with Crippen LogP contribution in [0, 0.1) is 0 Å². The third-order valence-corrected chi connectivity index (χ3v) is 5.02.